The summed E-state index contributed by atoms with van der Waals surface area (Å²) >= 11 is 0. The lowest BCUT2D eigenvalue weighted by Gasteiger charge is -2.17. The standard InChI is InChI=1S/C15H13F3O2/c16-15(17,18)13-7-2-1-6-12(13)14(20)9-10-4-3-5-11(19)8-10/h1-8,14,19-20H,9H2. The van der Waals surface area contributed by atoms with Crippen molar-refractivity contribution in [2.75, 3.05) is 0 Å². The molecule has 0 aliphatic heterocycles. The number of hydrogen-bond donors (Lipinski definition) is 2. The van der Waals surface area contributed by atoms with Crippen molar-refractivity contribution in [1.82, 2.24) is 0 Å². The Bertz CT molecular complexity index is 594. The van der Waals surface area contributed by atoms with Gasteiger partial charge in [0.05, 0.1) is 11.7 Å². The van der Waals surface area contributed by atoms with Crippen LogP contribution in [0.4, 0.5) is 13.2 Å². The van der Waals surface area contributed by atoms with Gasteiger partial charge in [0.1, 0.15) is 5.75 Å². The molecule has 20 heavy (non-hydrogen) atoms. The van der Waals surface area contributed by atoms with E-state index in [0.29, 0.717) is 5.56 Å². The van der Waals surface area contributed by atoms with Crippen LogP contribution in [0.5, 0.6) is 5.75 Å². The molecule has 5 heteroatoms. The number of aliphatic hydroxyl groups is 1. The SMILES string of the molecule is Oc1cccc(CC(O)c2ccccc2C(F)(F)F)c1. The minimum absolute atomic E-state index is 0.00148. The van der Waals surface area contributed by atoms with Crippen LogP contribution in [-0.2, 0) is 12.6 Å². The van der Waals surface area contributed by atoms with Crippen molar-refractivity contribution in [3.8, 4) is 5.75 Å². The number of halogens is 3. The Morgan fingerprint density at radius 3 is 2.35 bits per heavy atom. The molecule has 0 spiro atoms. The lowest BCUT2D eigenvalue weighted by Crippen LogP contribution is -2.13. The van der Waals surface area contributed by atoms with E-state index in [9.17, 15) is 23.4 Å². The van der Waals surface area contributed by atoms with Gasteiger partial charge in [0.25, 0.3) is 0 Å². The summed E-state index contributed by atoms with van der Waals surface area (Å²) in [6.45, 7) is 0. The van der Waals surface area contributed by atoms with Gasteiger partial charge < -0.3 is 10.2 Å². The van der Waals surface area contributed by atoms with Gasteiger partial charge in [-0.15, -0.1) is 0 Å². The van der Waals surface area contributed by atoms with Crippen molar-refractivity contribution in [3.63, 3.8) is 0 Å². The molecule has 2 nitrogen and oxygen atoms in total. The smallest absolute Gasteiger partial charge is 0.416 e. The fraction of sp³-hybridized carbons (Fsp3) is 0.200. The topological polar surface area (TPSA) is 40.5 Å². The number of phenolic OH excluding ortho intramolecular Hbond substituents is 1. The van der Waals surface area contributed by atoms with E-state index in [1.807, 2.05) is 0 Å². The van der Waals surface area contributed by atoms with Gasteiger partial charge in [-0.3, -0.25) is 0 Å². The number of benzene rings is 2. The van der Waals surface area contributed by atoms with Crippen LogP contribution in [0.3, 0.4) is 0 Å². The molecule has 2 N–H and O–H groups in total. The van der Waals surface area contributed by atoms with Crippen LogP contribution in [0.25, 0.3) is 0 Å². The fourth-order valence-corrected chi connectivity index (χ4v) is 2.06. The van der Waals surface area contributed by atoms with Crippen LogP contribution < -0.4 is 0 Å². The lowest BCUT2D eigenvalue weighted by molar-refractivity contribution is -0.139. The molecule has 0 aromatic heterocycles. The highest BCUT2D eigenvalue weighted by Gasteiger charge is 2.34. The van der Waals surface area contributed by atoms with Gasteiger partial charge in [0.2, 0.25) is 0 Å². The maximum atomic E-state index is 12.9. The molecule has 0 fully saturated rings. The summed E-state index contributed by atoms with van der Waals surface area (Å²) in [6.07, 6.45) is -5.78. The predicted molar refractivity (Wildman–Crippen MR) is 68.2 cm³/mol. The lowest BCUT2D eigenvalue weighted by atomic mass is 9.96. The zero-order chi connectivity index (χ0) is 14.8. The molecule has 0 bridgehead atoms. The first kappa shape index (κ1) is 14.4. The minimum Gasteiger partial charge on any atom is -0.508 e. The number of rotatable bonds is 3. The van der Waals surface area contributed by atoms with Crippen molar-refractivity contribution in [3.05, 3.63) is 65.2 Å². The highest BCUT2D eigenvalue weighted by atomic mass is 19.4. The molecule has 0 aliphatic rings. The first-order valence-corrected chi connectivity index (χ1v) is 6.00. The number of aliphatic hydroxyl groups excluding tert-OH is 1. The quantitative estimate of drug-likeness (QED) is 0.901. The van der Waals surface area contributed by atoms with Crippen molar-refractivity contribution >= 4 is 0 Å². The maximum absolute atomic E-state index is 12.9. The molecule has 0 radical (unpaired) electrons. The Hall–Kier alpha value is -2.01. The van der Waals surface area contributed by atoms with Crippen LogP contribution in [-0.4, -0.2) is 10.2 Å². The Kier molecular flexibility index (Phi) is 3.99. The molecule has 2 aromatic rings. The van der Waals surface area contributed by atoms with E-state index in [1.54, 1.807) is 12.1 Å². The second kappa shape index (κ2) is 5.54. The van der Waals surface area contributed by atoms with Gasteiger partial charge in [-0.25, -0.2) is 0 Å². The number of alkyl halides is 3. The second-order valence-electron chi connectivity index (χ2n) is 4.47. The molecule has 0 saturated heterocycles. The molecule has 106 valence electrons. The molecule has 0 heterocycles. The Morgan fingerprint density at radius 1 is 1.00 bits per heavy atom. The largest absolute Gasteiger partial charge is 0.508 e. The van der Waals surface area contributed by atoms with E-state index in [0.717, 1.165) is 6.07 Å². The molecule has 1 unspecified atom stereocenters. The zero-order valence-electron chi connectivity index (χ0n) is 10.4. The van der Waals surface area contributed by atoms with Crippen LogP contribution in [0, 0.1) is 0 Å². The number of hydrogen-bond acceptors (Lipinski definition) is 2. The van der Waals surface area contributed by atoms with Crippen LogP contribution >= 0.6 is 0 Å². The van der Waals surface area contributed by atoms with E-state index in [-0.39, 0.29) is 17.7 Å². The highest BCUT2D eigenvalue weighted by molar-refractivity contribution is 5.34. The summed E-state index contributed by atoms with van der Waals surface area (Å²) in [7, 11) is 0. The van der Waals surface area contributed by atoms with E-state index >= 15 is 0 Å². The van der Waals surface area contributed by atoms with E-state index in [1.165, 1.54) is 30.3 Å². The van der Waals surface area contributed by atoms with Gasteiger partial charge in [-0.1, -0.05) is 30.3 Å². The Morgan fingerprint density at radius 2 is 1.70 bits per heavy atom. The molecule has 0 amide bonds. The average Bonchev–Trinajstić information content (AvgIpc) is 2.37. The summed E-state index contributed by atoms with van der Waals surface area (Å²) in [5.74, 6) is 0.0128. The number of phenols is 1. The Labute approximate surface area is 114 Å². The van der Waals surface area contributed by atoms with Crippen LogP contribution in [0.2, 0.25) is 0 Å². The molecule has 2 rings (SSSR count). The van der Waals surface area contributed by atoms with Crippen LogP contribution in [0.1, 0.15) is 22.8 Å². The van der Waals surface area contributed by atoms with Crippen LogP contribution in [0.15, 0.2) is 48.5 Å². The van der Waals surface area contributed by atoms with Gasteiger partial charge in [-0.05, 0) is 29.3 Å². The maximum Gasteiger partial charge on any atom is 0.416 e. The number of aromatic hydroxyl groups is 1. The minimum atomic E-state index is -4.50. The molecule has 0 saturated carbocycles. The van der Waals surface area contributed by atoms with Gasteiger partial charge in [-0.2, -0.15) is 13.2 Å². The average molecular weight is 282 g/mol. The summed E-state index contributed by atoms with van der Waals surface area (Å²) < 4.78 is 38.6. The first-order valence-electron chi connectivity index (χ1n) is 6.00. The fourth-order valence-electron chi connectivity index (χ4n) is 2.06. The highest BCUT2D eigenvalue weighted by Crippen LogP contribution is 2.35. The first-order chi connectivity index (χ1) is 9.38. The van der Waals surface area contributed by atoms with Gasteiger partial charge in [0.15, 0.2) is 0 Å². The molecule has 0 aliphatic carbocycles. The summed E-state index contributed by atoms with van der Waals surface area (Å²) in [5.41, 5.74) is -0.439. The zero-order valence-corrected chi connectivity index (χ0v) is 10.4. The molecular weight excluding hydrogens is 269 g/mol. The monoisotopic (exact) mass is 282 g/mol. The molecular formula is C15H13F3O2. The Balaban J connectivity index is 2.28. The van der Waals surface area contributed by atoms with E-state index < -0.39 is 17.8 Å². The second-order valence-corrected chi connectivity index (χ2v) is 4.47. The van der Waals surface area contributed by atoms with Gasteiger partial charge in [0, 0.05) is 6.42 Å². The third kappa shape index (κ3) is 3.30. The van der Waals surface area contributed by atoms with Gasteiger partial charge >= 0.3 is 6.18 Å². The van der Waals surface area contributed by atoms with E-state index in [2.05, 4.69) is 0 Å². The van der Waals surface area contributed by atoms with Crippen molar-refractivity contribution in [1.29, 1.82) is 0 Å². The summed E-state index contributed by atoms with van der Waals surface area (Å²) in [6, 6.07) is 11.0. The summed E-state index contributed by atoms with van der Waals surface area (Å²) in [5, 5.41) is 19.3. The van der Waals surface area contributed by atoms with Crippen molar-refractivity contribution in [2.24, 2.45) is 0 Å². The normalized spacial score (nSPS) is 13.2. The molecule has 1 atom stereocenters. The van der Waals surface area contributed by atoms with Crippen molar-refractivity contribution in [2.45, 2.75) is 18.7 Å². The predicted octanol–water partition coefficient (Wildman–Crippen LogP) is 3.69. The summed E-state index contributed by atoms with van der Waals surface area (Å²) in [4.78, 5) is 0. The van der Waals surface area contributed by atoms with Crippen molar-refractivity contribution < 1.29 is 23.4 Å². The molecule has 2 aromatic carbocycles. The third-order valence-corrected chi connectivity index (χ3v) is 2.96. The van der Waals surface area contributed by atoms with E-state index in [4.69, 9.17) is 0 Å². The third-order valence-electron chi connectivity index (χ3n) is 2.96.